The minimum absolute atomic E-state index is 0.0543. The van der Waals surface area contributed by atoms with Crippen LogP contribution in [0.1, 0.15) is 10.5 Å². The van der Waals surface area contributed by atoms with Crippen LogP contribution in [0, 0.1) is 0 Å². The monoisotopic (exact) mass is 215 g/mol. The van der Waals surface area contributed by atoms with Crippen molar-refractivity contribution < 1.29 is 4.79 Å². The molecule has 0 N–H and O–H groups in total. The summed E-state index contributed by atoms with van der Waals surface area (Å²) in [6.45, 7) is 0. The Morgan fingerprint density at radius 3 is 2.56 bits per heavy atom. The molecule has 82 valence electrons. The second-order valence-electron chi connectivity index (χ2n) is 3.68. The van der Waals surface area contributed by atoms with E-state index in [0.717, 1.165) is 5.69 Å². The van der Waals surface area contributed by atoms with E-state index in [4.69, 9.17) is 0 Å². The molecule has 1 aromatic heterocycles. The summed E-state index contributed by atoms with van der Waals surface area (Å²) in [6.07, 6.45) is 3.22. The molecule has 4 heteroatoms. The molecule has 1 aromatic carbocycles. The van der Waals surface area contributed by atoms with Gasteiger partial charge in [-0.15, -0.1) is 0 Å². The molecule has 0 aliphatic heterocycles. The lowest BCUT2D eigenvalue weighted by Gasteiger charge is -2.12. The minimum Gasteiger partial charge on any atom is -0.343 e. The van der Waals surface area contributed by atoms with Gasteiger partial charge >= 0.3 is 0 Å². The quantitative estimate of drug-likeness (QED) is 0.762. The van der Waals surface area contributed by atoms with Crippen LogP contribution >= 0.6 is 0 Å². The first-order chi connectivity index (χ1) is 7.70. The van der Waals surface area contributed by atoms with Gasteiger partial charge in [0.05, 0.1) is 12.5 Å². The second-order valence-corrected chi connectivity index (χ2v) is 3.68. The molecule has 1 heterocycles. The van der Waals surface area contributed by atoms with Gasteiger partial charge in [-0.1, -0.05) is 18.2 Å². The van der Waals surface area contributed by atoms with Crippen LogP contribution in [0.3, 0.4) is 0 Å². The van der Waals surface area contributed by atoms with Gasteiger partial charge in [-0.2, -0.15) is 0 Å². The van der Waals surface area contributed by atoms with Crippen LogP contribution in [0.5, 0.6) is 0 Å². The van der Waals surface area contributed by atoms with E-state index < -0.39 is 0 Å². The number of para-hydroxylation sites is 1. The minimum atomic E-state index is -0.0543. The number of hydrogen-bond acceptors (Lipinski definition) is 2. The van der Waals surface area contributed by atoms with Gasteiger partial charge in [0, 0.05) is 19.8 Å². The highest BCUT2D eigenvalue weighted by molar-refractivity contribution is 5.92. The van der Waals surface area contributed by atoms with Crippen LogP contribution < -0.4 is 0 Å². The molecule has 0 aliphatic rings. The lowest BCUT2D eigenvalue weighted by atomic mass is 10.3. The fourth-order valence-corrected chi connectivity index (χ4v) is 1.48. The number of carbonyl (C=O) groups is 1. The maximum atomic E-state index is 11.9. The van der Waals surface area contributed by atoms with Gasteiger partial charge in [0.15, 0.2) is 0 Å². The predicted molar refractivity (Wildman–Crippen MR) is 61.6 cm³/mol. The number of hydrogen-bond donors (Lipinski definition) is 0. The Morgan fingerprint density at radius 1 is 1.25 bits per heavy atom. The second kappa shape index (κ2) is 4.18. The van der Waals surface area contributed by atoms with E-state index in [-0.39, 0.29) is 5.91 Å². The summed E-state index contributed by atoms with van der Waals surface area (Å²) in [5.41, 5.74) is 1.50. The molecule has 0 atom stereocenters. The number of benzene rings is 1. The largest absolute Gasteiger partial charge is 0.343 e. The van der Waals surface area contributed by atoms with Gasteiger partial charge in [-0.05, 0) is 12.1 Å². The molecule has 0 radical (unpaired) electrons. The Balaban J connectivity index is 2.45. The molecule has 0 fully saturated rings. The molecule has 16 heavy (non-hydrogen) atoms. The average Bonchev–Trinajstić information content (AvgIpc) is 2.77. The summed E-state index contributed by atoms with van der Waals surface area (Å²) in [5, 5.41) is 0. The zero-order valence-electron chi connectivity index (χ0n) is 9.29. The zero-order chi connectivity index (χ0) is 11.5. The molecule has 2 aromatic rings. The van der Waals surface area contributed by atoms with Gasteiger partial charge < -0.3 is 4.90 Å². The number of aromatic nitrogens is 2. The topological polar surface area (TPSA) is 38.1 Å². The molecule has 4 nitrogen and oxygen atoms in total. The van der Waals surface area contributed by atoms with Crippen LogP contribution in [0.25, 0.3) is 5.69 Å². The van der Waals surface area contributed by atoms with Crippen molar-refractivity contribution in [3.63, 3.8) is 0 Å². The van der Waals surface area contributed by atoms with Crippen molar-refractivity contribution in [1.82, 2.24) is 14.5 Å². The van der Waals surface area contributed by atoms with Crippen LogP contribution in [-0.4, -0.2) is 34.5 Å². The summed E-state index contributed by atoms with van der Waals surface area (Å²) in [4.78, 5) is 17.4. The van der Waals surface area contributed by atoms with Crippen molar-refractivity contribution in [2.45, 2.75) is 0 Å². The van der Waals surface area contributed by atoms with Gasteiger partial charge in [-0.3, -0.25) is 9.36 Å². The highest BCUT2D eigenvalue weighted by Crippen LogP contribution is 2.11. The Morgan fingerprint density at radius 2 is 1.94 bits per heavy atom. The summed E-state index contributed by atoms with van der Waals surface area (Å²) in [6, 6.07) is 9.68. The van der Waals surface area contributed by atoms with Crippen molar-refractivity contribution >= 4 is 5.91 Å². The highest BCUT2D eigenvalue weighted by atomic mass is 16.2. The first kappa shape index (κ1) is 10.4. The Hall–Kier alpha value is -2.10. The van der Waals surface area contributed by atoms with Crippen molar-refractivity contribution in [2.75, 3.05) is 14.1 Å². The van der Waals surface area contributed by atoms with E-state index in [0.29, 0.717) is 5.69 Å². The summed E-state index contributed by atoms with van der Waals surface area (Å²) in [5.74, 6) is -0.0543. The SMILES string of the molecule is CN(C)C(=O)c1cncn1-c1ccccc1. The van der Waals surface area contributed by atoms with Crippen LogP contribution in [0.2, 0.25) is 0 Å². The van der Waals surface area contributed by atoms with Crippen molar-refractivity contribution in [2.24, 2.45) is 0 Å². The summed E-state index contributed by atoms with van der Waals surface area (Å²) >= 11 is 0. The van der Waals surface area contributed by atoms with E-state index >= 15 is 0 Å². The molecule has 1 amide bonds. The van der Waals surface area contributed by atoms with E-state index in [1.807, 2.05) is 30.3 Å². The third kappa shape index (κ3) is 1.82. The molecule has 0 spiro atoms. The average molecular weight is 215 g/mol. The first-order valence-electron chi connectivity index (χ1n) is 4.99. The lowest BCUT2D eigenvalue weighted by molar-refractivity contribution is 0.0820. The number of amides is 1. The smallest absolute Gasteiger partial charge is 0.271 e. The fraction of sp³-hybridized carbons (Fsp3) is 0.167. The first-order valence-corrected chi connectivity index (χ1v) is 4.99. The number of imidazole rings is 1. The Bertz CT molecular complexity index is 488. The molecule has 0 aliphatic carbocycles. The van der Waals surface area contributed by atoms with Crippen molar-refractivity contribution in [3.8, 4) is 5.69 Å². The third-order valence-electron chi connectivity index (χ3n) is 2.30. The fourth-order valence-electron chi connectivity index (χ4n) is 1.48. The normalized spacial score (nSPS) is 10.1. The molecule has 0 bridgehead atoms. The van der Waals surface area contributed by atoms with Crippen LogP contribution in [-0.2, 0) is 0 Å². The van der Waals surface area contributed by atoms with Gasteiger partial charge in [-0.25, -0.2) is 4.98 Å². The van der Waals surface area contributed by atoms with Gasteiger partial charge in [0.1, 0.15) is 5.69 Å². The maximum Gasteiger partial charge on any atom is 0.271 e. The Kier molecular flexibility index (Phi) is 2.72. The van der Waals surface area contributed by atoms with Crippen molar-refractivity contribution in [1.29, 1.82) is 0 Å². The standard InChI is InChI=1S/C12H13N3O/c1-14(2)12(16)11-8-13-9-15(11)10-6-4-3-5-7-10/h3-9H,1-2H3. The maximum absolute atomic E-state index is 11.9. The molecular weight excluding hydrogens is 202 g/mol. The zero-order valence-corrected chi connectivity index (χ0v) is 9.29. The molecule has 0 saturated carbocycles. The van der Waals surface area contributed by atoms with E-state index in [1.54, 1.807) is 31.2 Å². The van der Waals surface area contributed by atoms with Gasteiger partial charge in [0.25, 0.3) is 5.91 Å². The van der Waals surface area contributed by atoms with E-state index in [1.165, 1.54) is 4.90 Å². The number of rotatable bonds is 2. The van der Waals surface area contributed by atoms with Crippen LogP contribution in [0.4, 0.5) is 0 Å². The van der Waals surface area contributed by atoms with E-state index in [9.17, 15) is 4.79 Å². The van der Waals surface area contributed by atoms with Gasteiger partial charge in [0.2, 0.25) is 0 Å². The predicted octanol–water partition coefficient (Wildman–Crippen LogP) is 1.57. The van der Waals surface area contributed by atoms with E-state index in [2.05, 4.69) is 4.98 Å². The number of carbonyl (C=O) groups excluding carboxylic acids is 1. The highest BCUT2D eigenvalue weighted by Gasteiger charge is 2.14. The molecule has 0 unspecified atom stereocenters. The number of nitrogens with zero attached hydrogens (tertiary/aromatic N) is 3. The lowest BCUT2D eigenvalue weighted by Crippen LogP contribution is -2.24. The van der Waals surface area contributed by atoms with Crippen LogP contribution in [0.15, 0.2) is 42.9 Å². The van der Waals surface area contributed by atoms with Crippen molar-refractivity contribution in [3.05, 3.63) is 48.5 Å². The Labute approximate surface area is 94.1 Å². The molecule has 2 rings (SSSR count). The summed E-state index contributed by atoms with van der Waals surface area (Å²) < 4.78 is 1.78. The third-order valence-corrected chi connectivity index (χ3v) is 2.30. The molecule has 0 saturated heterocycles. The molecular formula is C12H13N3O. The summed E-state index contributed by atoms with van der Waals surface area (Å²) in [7, 11) is 3.45.